The molecule has 5 nitrogen and oxygen atoms in total. The maximum atomic E-state index is 4.77. The number of guanidine groups is 1. The third-order valence-electron chi connectivity index (χ3n) is 4.98. The van der Waals surface area contributed by atoms with Crippen molar-refractivity contribution in [3.63, 3.8) is 0 Å². The largest absolute Gasteiger partial charge is 0.357 e. The van der Waals surface area contributed by atoms with Crippen molar-refractivity contribution in [2.75, 3.05) is 13.1 Å². The van der Waals surface area contributed by atoms with Crippen molar-refractivity contribution in [3.8, 4) is 0 Å². The van der Waals surface area contributed by atoms with Crippen LogP contribution in [-0.2, 0) is 13.5 Å². The molecule has 148 valence electrons. The van der Waals surface area contributed by atoms with Gasteiger partial charge >= 0.3 is 0 Å². The Morgan fingerprint density at radius 1 is 1.35 bits per heavy atom. The summed E-state index contributed by atoms with van der Waals surface area (Å²) in [5, 5.41) is 11.4. The minimum Gasteiger partial charge on any atom is -0.357 e. The Kier molecular flexibility index (Phi) is 10.3. The number of hydrogen-bond donors (Lipinski definition) is 2. The molecule has 2 rings (SSSR count). The Hall–Kier alpha value is -1.05. The average Bonchev–Trinajstić information content (AvgIpc) is 2.82. The summed E-state index contributed by atoms with van der Waals surface area (Å²) in [6.07, 6.45) is 9.66. The molecule has 0 radical (unpaired) electrons. The highest BCUT2D eigenvalue weighted by molar-refractivity contribution is 14.0. The molecule has 0 spiro atoms. The Bertz CT molecular complexity index is 618. The van der Waals surface area contributed by atoms with E-state index in [2.05, 4.69) is 49.5 Å². The number of hydrogen-bond acceptors (Lipinski definition) is 2. The monoisotopic (exact) mass is 473 g/mol. The summed E-state index contributed by atoms with van der Waals surface area (Å²) >= 11 is 0. The molecule has 0 amide bonds. The molecule has 26 heavy (non-hydrogen) atoms. The summed E-state index contributed by atoms with van der Waals surface area (Å²) in [7, 11) is 2.01. The Morgan fingerprint density at radius 2 is 2.12 bits per heavy atom. The summed E-state index contributed by atoms with van der Waals surface area (Å²) < 4.78 is 1.97. The van der Waals surface area contributed by atoms with Crippen LogP contribution in [0.2, 0.25) is 0 Å². The van der Waals surface area contributed by atoms with Gasteiger partial charge in [0.1, 0.15) is 0 Å². The van der Waals surface area contributed by atoms with Gasteiger partial charge in [-0.2, -0.15) is 5.10 Å². The molecule has 1 heterocycles. The second-order valence-electron chi connectivity index (χ2n) is 7.14. The van der Waals surface area contributed by atoms with Crippen LogP contribution in [0.5, 0.6) is 0 Å². The van der Waals surface area contributed by atoms with E-state index in [0.717, 1.165) is 37.6 Å². The zero-order valence-electron chi connectivity index (χ0n) is 17.1. The second-order valence-corrected chi connectivity index (χ2v) is 7.14. The van der Waals surface area contributed by atoms with Crippen molar-refractivity contribution in [3.05, 3.63) is 28.6 Å². The fraction of sp³-hybridized carbons (Fsp3) is 0.700. The molecular weight excluding hydrogens is 437 g/mol. The third kappa shape index (κ3) is 6.93. The number of nitrogens with zero attached hydrogens (tertiary/aromatic N) is 3. The van der Waals surface area contributed by atoms with Crippen LogP contribution in [-0.4, -0.2) is 34.9 Å². The molecule has 0 bridgehead atoms. The maximum absolute atomic E-state index is 4.77. The van der Waals surface area contributed by atoms with E-state index in [4.69, 9.17) is 4.99 Å². The zero-order valence-corrected chi connectivity index (χ0v) is 19.4. The first kappa shape index (κ1) is 23.0. The van der Waals surface area contributed by atoms with E-state index in [1.54, 1.807) is 5.57 Å². The molecule has 1 aromatic rings. The van der Waals surface area contributed by atoms with Crippen molar-refractivity contribution in [1.29, 1.82) is 0 Å². The van der Waals surface area contributed by atoms with Gasteiger partial charge in [0.05, 0.1) is 5.69 Å². The first-order valence-electron chi connectivity index (χ1n) is 9.73. The minimum absolute atomic E-state index is 0. The van der Waals surface area contributed by atoms with Crippen LogP contribution in [0.4, 0.5) is 0 Å². The van der Waals surface area contributed by atoms with E-state index < -0.39 is 0 Å². The van der Waals surface area contributed by atoms with Crippen molar-refractivity contribution in [2.45, 2.75) is 72.3 Å². The lowest BCUT2D eigenvalue weighted by molar-refractivity contribution is 0.633. The first-order valence-corrected chi connectivity index (χ1v) is 9.73. The van der Waals surface area contributed by atoms with Gasteiger partial charge < -0.3 is 10.6 Å². The molecule has 2 N–H and O–H groups in total. The average molecular weight is 473 g/mol. The smallest absolute Gasteiger partial charge is 0.191 e. The van der Waals surface area contributed by atoms with Crippen molar-refractivity contribution in [2.24, 2.45) is 12.0 Å². The summed E-state index contributed by atoms with van der Waals surface area (Å²) in [5.74, 6) is 0.922. The van der Waals surface area contributed by atoms with Gasteiger partial charge in [-0.25, -0.2) is 0 Å². The lowest BCUT2D eigenvalue weighted by atomic mass is 9.97. The van der Waals surface area contributed by atoms with E-state index in [-0.39, 0.29) is 24.0 Å². The number of aromatic nitrogens is 2. The van der Waals surface area contributed by atoms with Crippen LogP contribution in [0.3, 0.4) is 0 Å². The van der Waals surface area contributed by atoms with Crippen LogP contribution in [0, 0.1) is 13.8 Å². The molecule has 1 atom stereocenters. The lowest BCUT2D eigenvalue weighted by Gasteiger charge is -2.18. The number of aliphatic imine (C=N–C) groups is 1. The van der Waals surface area contributed by atoms with Crippen LogP contribution in [0.1, 0.15) is 62.9 Å². The van der Waals surface area contributed by atoms with Crippen LogP contribution in [0.15, 0.2) is 16.6 Å². The molecule has 0 saturated heterocycles. The predicted molar refractivity (Wildman–Crippen MR) is 122 cm³/mol. The molecule has 0 fully saturated rings. The number of nitrogens with one attached hydrogen (secondary N) is 2. The van der Waals surface area contributed by atoms with Crippen LogP contribution >= 0.6 is 24.0 Å². The Labute approximate surface area is 176 Å². The van der Waals surface area contributed by atoms with Gasteiger partial charge in [0, 0.05) is 31.9 Å². The lowest BCUT2D eigenvalue weighted by Crippen LogP contribution is -2.43. The third-order valence-corrected chi connectivity index (χ3v) is 4.98. The number of allylic oxidation sites excluding steroid dienone is 1. The van der Waals surface area contributed by atoms with E-state index in [0.29, 0.717) is 6.04 Å². The summed E-state index contributed by atoms with van der Waals surface area (Å²) in [4.78, 5) is 4.77. The van der Waals surface area contributed by atoms with Crippen LogP contribution in [0.25, 0.3) is 0 Å². The van der Waals surface area contributed by atoms with Crippen molar-refractivity contribution < 1.29 is 0 Å². The highest BCUT2D eigenvalue weighted by atomic mass is 127. The molecule has 0 aliphatic heterocycles. The topological polar surface area (TPSA) is 54.2 Å². The standard InChI is InChI=1S/C20H35N5.HI/c1-6-21-20(22-13-12-18-10-8-7-9-11-18)23-15(2)14-19-16(3)24-25(5)17(19)4;/h10,15H,6-9,11-14H2,1-5H3,(H2,21,22,23);1H. The normalized spacial score (nSPS) is 15.9. The van der Waals surface area contributed by atoms with Gasteiger partial charge in [0.15, 0.2) is 5.96 Å². The Morgan fingerprint density at radius 3 is 2.69 bits per heavy atom. The van der Waals surface area contributed by atoms with E-state index in [9.17, 15) is 0 Å². The highest BCUT2D eigenvalue weighted by Gasteiger charge is 2.14. The van der Waals surface area contributed by atoms with Gasteiger partial charge in [0.2, 0.25) is 0 Å². The zero-order chi connectivity index (χ0) is 18.2. The molecule has 1 aromatic heterocycles. The van der Waals surface area contributed by atoms with Gasteiger partial charge in [-0.3, -0.25) is 9.67 Å². The number of halogens is 1. The molecule has 0 aromatic carbocycles. The fourth-order valence-corrected chi connectivity index (χ4v) is 3.47. The molecule has 1 aliphatic rings. The Balaban J connectivity index is 0.00000338. The fourth-order valence-electron chi connectivity index (χ4n) is 3.47. The van der Waals surface area contributed by atoms with E-state index in [1.165, 1.54) is 36.9 Å². The van der Waals surface area contributed by atoms with Gasteiger partial charge in [0.25, 0.3) is 0 Å². The molecule has 1 aliphatic carbocycles. The highest BCUT2D eigenvalue weighted by Crippen LogP contribution is 2.19. The number of rotatable bonds is 7. The quantitative estimate of drug-likeness (QED) is 0.272. The molecule has 1 unspecified atom stereocenters. The predicted octanol–water partition coefficient (Wildman–Crippen LogP) is 4.03. The number of aryl methyl sites for hydroxylation is 2. The molecule has 6 heteroatoms. The second kappa shape index (κ2) is 11.6. The molecule has 0 saturated carbocycles. The van der Waals surface area contributed by atoms with E-state index >= 15 is 0 Å². The van der Waals surface area contributed by atoms with E-state index in [1.807, 2.05) is 11.7 Å². The summed E-state index contributed by atoms with van der Waals surface area (Å²) in [5.41, 5.74) is 5.29. The summed E-state index contributed by atoms with van der Waals surface area (Å²) in [6, 6.07) is 0.313. The van der Waals surface area contributed by atoms with Gasteiger partial charge in [-0.1, -0.05) is 11.6 Å². The summed E-state index contributed by atoms with van der Waals surface area (Å²) in [6.45, 7) is 10.3. The maximum Gasteiger partial charge on any atom is 0.191 e. The molecular formula is C20H36IN5. The van der Waals surface area contributed by atoms with Gasteiger partial charge in [-0.05, 0) is 71.8 Å². The van der Waals surface area contributed by atoms with Crippen LogP contribution < -0.4 is 10.6 Å². The van der Waals surface area contributed by atoms with Crippen molar-refractivity contribution in [1.82, 2.24) is 20.4 Å². The van der Waals surface area contributed by atoms with Gasteiger partial charge in [-0.15, -0.1) is 24.0 Å². The SMILES string of the molecule is CCNC(=NCCC1=CCCCC1)NC(C)Cc1c(C)nn(C)c1C.I. The minimum atomic E-state index is 0. The van der Waals surface area contributed by atoms with Crippen molar-refractivity contribution >= 4 is 29.9 Å². The first-order chi connectivity index (χ1) is 12.0.